The van der Waals surface area contributed by atoms with Crippen LogP contribution in [0, 0.1) is 5.82 Å². The average molecular weight is 265 g/mol. The Morgan fingerprint density at radius 1 is 1.26 bits per heavy atom. The molecule has 2 unspecified atom stereocenters. The Kier molecular flexibility index (Phi) is 5.34. The van der Waals surface area contributed by atoms with E-state index in [1.54, 1.807) is 0 Å². The van der Waals surface area contributed by atoms with Gasteiger partial charge in [0.05, 0.1) is 6.10 Å². The summed E-state index contributed by atoms with van der Waals surface area (Å²) in [6, 6.07) is 7.22. The maximum atomic E-state index is 12.9. The van der Waals surface area contributed by atoms with E-state index >= 15 is 0 Å². The van der Waals surface area contributed by atoms with Crippen LogP contribution in [0.4, 0.5) is 4.39 Å². The van der Waals surface area contributed by atoms with E-state index < -0.39 is 0 Å². The summed E-state index contributed by atoms with van der Waals surface area (Å²) < 4.78 is 12.9. The molecule has 0 radical (unpaired) electrons. The lowest BCUT2D eigenvalue weighted by molar-refractivity contribution is 0.108. The van der Waals surface area contributed by atoms with E-state index in [-0.39, 0.29) is 11.9 Å². The zero-order chi connectivity index (χ0) is 13.7. The summed E-state index contributed by atoms with van der Waals surface area (Å²) in [5.74, 6) is -0.180. The molecule has 1 fully saturated rings. The van der Waals surface area contributed by atoms with Crippen LogP contribution >= 0.6 is 0 Å². The minimum Gasteiger partial charge on any atom is -0.393 e. The molecule has 1 N–H and O–H groups in total. The van der Waals surface area contributed by atoms with Gasteiger partial charge in [-0.25, -0.2) is 4.39 Å². The number of nitrogens with zero attached hydrogens (tertiary/aromatic N) is 1. The van der Waals surface area contributed by atoms with E-state index in [9.17, 15) is 9.50 Å². The van der Waals surface area contributed by atoms with Gasteiger partial charge in [0.1, 0.15) is 5.82 Å². The topological polar surface area (TPSA) is 23.5 Å². The van der Waals surface area contributed by atoms with Gasteiger partial charge in [-0.2, -0.15) is 0 Å². The van der Waals surface area contributed by atoms with Crippen molar-refractivity contribution in [3.63, 3.8) is 0 Å². The first kappa shape index (κ1) is 14.5. The molecule has 0 amide bonds. The van der Waals surface area contributed by atoms with Crippen molar-refractivity contribution in [2.45, 2.75) is 57.7 Å². The van der Waals surface area contributed by atoms with Crippen molar-refractivity contribution in [1.29, 1.82) is 0 Å². The van der Waals surface area contributed by atoms with Gasteiger partial charge in [-0.05, 0) is 50.4 Å². The second kappa shape index (κ2) is 7.01. The fraction of sp³-hybridized carbons (Fsp3) is 0.625. The summed E-state index contributed by atoms with van der Waals surface area (Å²) in [5.41, 5.74) is 1.15. The lowest BCUT2D eigenvalue weighted by atomic mass is 10.0. The molecule has 2 rings (SSSR count). The summed E-state index contributed by atoms with van der Waals surface area (Å²) in [5, 5.41) is 9.64. The van der Waals surface area contributed by atoms with Crippen LogP contribution in [0.3, 0.4) is 0 Å². The van der Waals surface area contributed by atoms with Crippen molar-refractivity contribution in [1.82, 2.24) is 4.90 Å². The highest BCUT2D eigenvalue weighted by Gasteiger charge is 2.22. The molecule has 1 aromatic rings. The van der Waals surface area contributed by atoms with Gasteiger partial charge >= 0.3 is 0 Å². The first-order valence-electron chi connectivity index (χ1n) is 7.31. The average Bonchev–Trinajstić information content (AvgIpc) is 2.58. The Morgan fingerprint density at radius 3 is 2.68 bits per heavy atom. The normalized spacial score (nSPS) is 23.0. The number of aliphatic hydroxyl groups is 1. The zero-order valence-corrected chi connectivity index (χ0v) is 11.7. The number of rotatable bonds is 4. The molecule has 0 aliphatic carbocycles. The highest BCUT2D eigenvalue weighted by atomic mass is 19.1. The van der Waals surface area contributed by atoms with E-state index in [0.29, 0.717) is 6.04 Å². The Bertz CT molecular complexity index is 377. The highest BCUT2D eigenvalue weighted by molar-refractivity contribution is 5.16. The SMILES string of the molecule is CC(O)CC1CCCCCN1Cc1ccc(F)cc1. The van der Waals surface area contributed by atoms with Gasteiger partial charge in [0.2, 0.25) is 0 Å². The summed E-state index contributed by atoms with van der Waals surface area (Å²) in [7, 11) is 0. The van der Waals surface area contributed by atoms with E-state index in [1.165, 1.54) is 31.4 Å². The number of aliphatic hydroxyl groups excluding tert-OH is 1. The maximum absolute atomic E-state index is 12.9. The number of halogens is 1. The van der Waals surface area contributed by atoms with Crippen LogP contribution in [-0.2, 0) is 6.54 Å². The van der Waals surface area contributed by atoms with Crippen LogP contribution in [0.5, 0.6) is 0 Å². The number of likely N-dealkylation sites (tertiary alicyclic amines) is 1. The minimum absolute atomic E-state index is 0.180. The second-order valence-electron chi connectivity index (χ2n) is 5.68. The predicted molar refractivity (Wildman–Crippen MR) is 75.4 cm³/mol. The smallest absolute Gasteiger partial charge is 0.123 e. The monoisotopic (exact) mass is 265 g/mol. The summed E-state index contributed by atoms with van der Waals surface area (Å²) >= 11 is 0. The molecule has 0 spiro atoms. The second-order valence-corrected chi connectivity index (χ2v) is 5.68. The molecule has 0 bridgehead atoms. The van der Waals surface area contributed by atoms with Gasteiger partial charge in [0, 0.05) is 12.6 Å². The van der Waals surface area contributed by atoms with Crippen molar-refractivity contribution in [3.8, 4) is 0 Å². The Hall–Kier alpha value is -0.930. The standard InChI is InChI=1S/C16H24FNO/c1-13(19)11-16-5-3-2-4-10-18(16)12-14-6-8-15(17)9-7-14/h6-9,13,16,19H,2-5,10-12H2,1H3. The van der Waals surface area contributed by atoms with Gasteiger partial charge < -0.3 is 5.11 Å². The first-order chi connectivity index (χ1) is 9.15. The molecule has 1 heterocycles. The van der Waals surface area contributed by atoms with Crippen LogP contribution in [-0.4, -0.2) is 28.7 Å². The number of benzene rings is 1. The van der Waals surface area contributed by atoms with E-state index in [4.69, 9.17) is 0 Å². The van der Waals surface area contributed by atoms with Crippen LogP contribution in [0.2, 0.25) is 0 Å². The fourth-order valence-corrected chi connectivity index (χ4v) is 2.93. The lowest BCUT2D eigenvalue weighted by Crippen LogP contribution is -2.36. The third-order valence-corrected chi connectivity index (χ3v) is 3.91. The largest absolute Gasteiger partial charge is 0.393 e. The minimum atomic E-state index is -0.251. The summed E-state index contributed by atoms with van der Waals surface area (Å²) in [6.45, 7) is 3.80. The van der Waals surface area contributed by atoms with E-state index in [0.717, 1.165) is 31.5 Å². The van der Waals surface area contributed by atoms with Crippen molar-refractivity contribution < 1.29 is 9.50 Å². The molecule has 19 heavy (non-hydrogen) atoms. The molecular weight excluding hydrogens is 241 g/mol. The molecule has 1 saturated heterocycles. The van der Waals surface area contributed by atoms with Gasteiger partial charge in [0.15, 0.2) is 0 Å². The Balaban J connectivity index is 2.02. The third kappa shape index (κ3) is 4.59. The Morgan fingerprint density at radius 2 is 2.00 bits per heavy atom. The Labute approximate surface area is 115 Å². The van der Waals surface area contributed by atoms with Crippen molar-refractivity contribution >= 4 is 0 Å². The molecule has 1 aliphatic heterocycles. The summed E-state index contributed by atoms with van der Waals surface area (Å²) in [6.07, 6.45) is 5.48. The predicted octanol–water partition coefficient (Wildman–Crippen LogP) is 3.34. The van der Waals surface area contributed by atoms with Crippen molar-refractivity contribution in [2.75, 3.05) is 6.54 Å². The van der Waals surface area contributed by atoms with Gasteiger partial charge in [-0.3, -0.25) is 4.90 Å². The molecular formula is C16H24FNO. The van der Waals surface area contributed by atoms with Crippen molar-refractivity contribution in [3.05, 3.63) is 35.6 Å². The van der Waals surface area contributed by atoms with E-state index in [1.807, 2.05) is 19.1 Å². The molecule has 3 heteroatoms. The van der Waals surface area contributed by atoms with Crippen LogP contribution in [0.1, 0.15) is 44.6 Å². The highest BCUT2D eigenvalue weighted by Crippen LogP contribution is 2.22. The van der Waals surface area contributed by atoms with Gasteiger partial charge in [0.25, 0.3) is 0 Å². The molecule has 0 saturated carbocycles. The number of hydrogen-bond donors (Lipinski definition) is 1. The fourth-order valence-electron chi connectivity index (χ4n) is 2.93. The van der Waals surface area contributed by atoms with Crippen LogP contribution in [0.15, 0.2) is 24.3 Å². The maximum Gasteiger partial charge on any atom is 0.123 e. The quantitative estimate of drug-likeness (QED) is 0.902. The zero-order valence-electron chi connectivity index (χ0n) is 11.7. The molecule has 2 atom stereocenters. The number of hydrogen-bond acceptors (Lipinski definition) is 2. The molecule has 0 aromatic heterocycles. The third-order valence-electron chi connectivity index (χ3n) is 3.91. The van der Waals surface area contributed by atoms with Crippen molar-refractivity contribution in [2.24, 2.45) is 0 Å². The molecule has 2 nitrogen and oxygen atoms in total. The molecule has 1 aromatic carbocycles. The lowest BCUT2D eigenvalue weighted by Gasteiger charge is -2.31. The van der Waals surface area contributed by atoms with Crippen LogP contribution < -0.4 is 0 Å². The first-order valence-corrected chi connectivity index (χ1v) is 7.31. The summed E-state index contributed by atoms with van der Waals surface area (Å²) in [4.78, 5) is 2.45. The molecule has 106 valence electrons. The van der Waals surface area contributed by atoms with Gasteiger partial charge in [-0.15, -0.1) is 0 Å². The van der Waals surface area contributed by atoms with Crippen LogP contribution in [0.25, 0.3) is 0 Å². The van der Waals surface area contributed by atoms with E-state index in [2.05, 4.69) is 4.90 Å². The molecule has 1 aliphatic rings. The van der Waals surface area contributed by atoms with Gasteiger partial charge in [-0.1, -0.05) is 25.0 Å².